The van der Waals surface area contributed by atoms with Gasteiger partial charge in [0.15, 0.2) is 0 Å². The molecule has 0 aliphatic rings. The highest BCUT2D eigenvalue weighted by Gasteiger charge is 2.20. The highest BCUT2D eigenvalue weighted by Crippen LogP contribution is 2.17. The number of aryl methyl sites for hydroxylation is 2. The number of Topliss-reactive ketones (excluding diaryl/α,β-unsaturated/α-hetero) is 2. The first-order chi connectivity index (χ1) is 8.99. The summed E-state index contributed by atoms with van der Waals surface area (Å²) in [6.07, 6.45) is 0. The van der Waals surface area contributed by atoms with Gasteiger partial charge < -0.3 is 5.73 Å². The van der Waals surface area contributed by atoms with Gasteiger partial charge in [0.1, 0.15) is 0 Å². The molecule has 0 amide bonds. The molecular weight excluding hydrogens is 238 g/mol. The number of hydrogen-bond donors (Lipinski definition) is 1. The van der Waals surface area contributed by atoms with Gasteiger partial charge in [-0.2, -0.15) is 0 Å². The Labute approximate surface area is 112 Å². The maximum absolute atomic E-state index is 12.1. The largest absolute Gasteiger partial charge is 0.398 e. The molecule has 0 heterocycles. The summed E-state index contributed by atoms with van der Waals surface area (Å²) in [6.45, 7) is 3.81. The Hall–Kier alpha value is -2.42. The SMILES string of the molecule is Cc1ccc(C(=O)C(=O)c2ccc(C)cc2N)cc1. The molecule has 0 saturated carbocycles. The van der Waals surface area contributed by atoms with E-state index in [0.717, 1.165) is 11.1 Å². The zero-order valence-corrected chi connectivity index (χ0v) is 10.9. The quantitative estimate of drug-likeness (QED) is 0.519. The number of nitrogen functional groups attached to an aromatic ring is 1. The van der Waals surface area contributed by atoms with Crippen LogP contribution in [-0.4, -0.2) is 11.6 Å². The summed E-state index contributed by atoms with van der Waals surface area (Å²) in [4.78, 5) is 24.2. The smallest absolute Gasteiger partial charge is 0.235 e. The molecule has 19 heavy (non-hydrogen) atoms. The van der Waals surface area contributed by atoms with Crippen LogP contribution in [-0.2, 0) is 0 Å². The fraction of sp³-hybridized carbons (Fsp3) is 0.125. The minimum absolute atomic E-state index is 0.260. The Morgan fingerprint density at radius 3 is 2.00 bits per heavy atom. The van der Waals surface area contributed by atoms with Crippen molar-refractivity contribution in [1.29, 1.82) is 0 Å². The van der Waals surface area contributed by atoms with Gasteiger partial charge in [-0.25, -0.2) is 0 Å². The monoisotopic (exact) mass is 253 g/mol. The van der Waals surface area contributed by atoms with Crippen LogP contribution >= 0.6 is 0 Å². The molecule has 2 aromatic rings. The molecule has 0 aromatic heterocycles. The number of carbonyl (C=O) groups excluding carboxylic acids is 2. The Bertz CT molecular complexity index is 642. The number of rotatable bonds is 3. The first-order valence-electron chi connectivity index (χ1n) is 6.01. The average Bonchev–Trinajstić information content (AvgIpc) is 2.38. The molecule has 2 rings (SSSR count). The summed E-state index contributed by atoms with van der Waals surface area (Å²) in [7, 11) is 0. The second-order valence-electron chi connectivity index (χ2n) is 4.61. The fourth-order valence-corrected chi connectivity index (χ4v) is 1.85. The molecule has 0 bridgehead atoms. The minimum atomic E-state index is -0.568. The van der Waals surface area contributed by atoms with Crippen molar-refractivity contribution in [3.63, 3.8) is 0 Å². The molecule has 0 fully saturated rings. The minimum Gasteiger partial charge on any atom is -0.398 e. The van der Waals surface area contributed by atoms with E-state index < -0.39 is 11.6 Å². The van der Waals surface area contributed by atoms with Crippen LogP contribution in [0.2, 0.25) is 0 Å². The molecule has 3 heteroatoms. The summed E-state index contributed by atoms with van der Waals surface area (Å²) < 4.78 is 0. The second-order valence-corrected chi connectivity index (χ2v) is 4.61. The van der Waals surface area contributed by atoms with E-state index in [1.54, 1.807) is 42.5 Å². The van der Waals surface area contributed by atoms with Crippen molar-refractivity contribution in [2.24, 2.45) is 0 Å². The van der Waals surface area contributed by atoms with E-state index in [1.807, 2.05) is 13.8 Å². The van der Waals surface area contributed by atoms with Gasteiger partial charge in [0.25, 0.3) is 0 Å². The fourth-order valence-electron chi connectivity index (χ4n) is 1.85. The van der Waals surface area contributed by atoms with Gasteiger partial charge in [-0.3, -0.25) is 9.59 Å². The number of hydrogen-bond acceptors (Lipinski definition) is 3. The molecule has 0 atom stereocenters. The van der Waals surface area contributed by atoms with E-state index in [4.69, 9.17) is 5.73 Å². The van der Waals surface area contributed by atoms with Crippen LogP contribution in [0.25, 0.3) is 0 Å². The molecule has 0 unspecified atom stereocenters. The Kier molecular flexibility index (Phi) is 3.47. The molecule has 2 aromatic carbocycles. The summed E-state index contributed by atoms with van der Waals surface area (Å²) >= 11 is 0. The van der Waals surface area contributed by atoms with Gasteiger partial charge in [-0.1, -0.05) is 35.9 Å². The third-order valence-corrected chi connectivity index (χ3v) is 2.97. The first-order valence-corrected chi connectivity index (χ1v) is 6.01. The van der Waals surface area contributed by atoms with E-state index >= 15 is 0 Å². The van der Waals surface area contributed by atoms with Gasteiger partial charge >= 0.3 is 0 Å². The van der Waals surface area contributed by atoms with Crippen molar-refractivity contribution in [2.75, 3.05) is 5.73 Å². The zero-order chi connectivity index (χ0) is 14.0. The molecule has 0 aliphatic heterocycles. The van der Waals surface area contributed by atoms with Crippen molar-refractivity contribution in [1.82, 2.24) is 0 Å². The zero-order valence-electron chi connectivity index (χ0n) is 10.9. The van der Waals surface area contributed by atoms with Crippen LogP contribution in [0.15, 0.2) is 42.5 Å². The number of benzene rings is 2. The normalized spacial score (nSPS) is 10.2. The standard InChI is InChI=1S/C16H15NO2/c1-10-3-6-12(7-4-10)15(18)16(19)13-8-5-11(2)9-14(13)17/h3-9H,17H2,1-2H3. The topological polar surface area (TPSA) is 60.2 Å². The van der Waals surface area contributed by atoms with E-state index in [2.05, 4.69) is 0 Å². The van der Waals surface area contributed by atoms with E-state index in [-0.39, 0.29) is 5.56 Å². The molecule has 3 nitrogen and oxygen atoms in total. The lowest BCUT2D eigenvalue weighted by Crippen LogP contribution is -2.16. The predicted molar refractivity (Wildman–Crippen MR) is 75.4 cm³/mol. The second kappa shape index (κ2) is 5.06. The van der Waals surface area contributed by atoms with Crippen molar-refractivity contribution >= 4 is 17.3 Å². The molecule has 0 saturated heterocycles. The number of nitrogens with two attached hydrogens (primary N) is 1. The number of anilines is 1. The van der Waals surface area contributed by atoms with Gasteiger partial charge in [0.2, 0.25) is 11.6 Å². The van der Waals surface area contributed by atoms with Crippen LogP contribution < -0.4 is 5.73 Å². The summed E-state index contributed by atoms with van der Waals surface area (Å²) in [6, 6.07) is 12.0. The first kappa shape index (κ1) is 13.0. The summed E-state index contributed by atoms with van der Waals surface area (Å²) in [5, 5.41) is 0. The van der Waals surface area contributed by atoms with Gasteiger partial charge in [0, 0.05) is 16.8 Å². The Morgan fingerprint density at radius 1 is 0.842 bits per heavy atom. The lowest BCUT2D eigenvalue weighted by atomic mass is 9.98. The van der Waals surface area contributed by atoms with E-state index in [1.165, 1.54) is 0 Å². The lowest BCUT2D eigenvalue weighted by Gasteiger charge is -2.05. The Balaban J connectivity index is 2.33. The lowest BCUT2D eigenvalue weighted by molar-refractivity contribution is 0.0817. The summed E-state index contributed by atoms with van der Waals surface area (Å²) in [5.41, 5.74) is 8.77. The van der Waals surface area contributed by atoms with Crippen molar-refractivity contribution < 1.29 is 9.59 Å². The third kappa shape index (κ3) is 2.71. The molecule has 0 radical (unpaired) electrons. The van der Waals surface area contributed by atoms with Crippen molar-refractivity contribution in [3.8, 4) is 0 Å². The van der Waals surface area contributed by atoms with Crippen LogP contribution in [0.3, 0.4) is 0 Å². The molecule has 2 N–H and O–H groups in total. The summed E-state index contributed by atoms with van der Waals surface area (Å²) in [5.74, 6) is -1.10. The van der Waals surface area contributed by atoms with Gasteiger partial charge in [-0.05, 0) is 31.5 Å². The van der Waals surface area contributed by atoms with Crippen LogP contribution in [0.4, 0.5) is 5.69 Å². The Morgan fingerprint density at radius 2 is 1.42 bits per heavy atom. The molecule has 0 aliphatic carbocycles. The van der Waals surface area contributed by atoms with E-state index in [9.17, 15) is 9.59 Å². The van der Waals surface area contributed by atoms with Crippen molar-refractivity contribution in [2.45, 2.75) is 13.8 Å². The molecule has 96 valence electrons. The number of ketones is 2. The molecule has 0 spiro atoms. The highest BCUT2D eigenvalue weighted by molar-refractivity contribution is 6.50. The van der Waals surface area contributed by atoms with Gasteiger partial charge in [-0.15, -0.1) is 0 Å². The maximum atomic E-state index is 12.1. The third-order valence-electron chi connectivity index (χ3n) is 2.97. The maximum Gasteiger partial charge on any atom is 0.235 e. The van der Waals surface area contributed by atoms with E-state index in [0.29, 0.717) is 11.3 Å². The highest BCUT2D eigenvalue weighted by atomic mass is 16.2. The number of carbonyl (C=O) groups is 2. The predicted octanol–water partition coefficient (Wildman–Crippen LogP) is 2.95. The van der Waals surface area contributed by atoms with Crippen molar-refractivity contribution in [3.05, 3.63) is 64.7 Å². The van der Waals surface area contributed by atoms with Crippen LogP contribution in [0.5, 0.6) is 0 Å². The van der Waals surface area contributed by atoms with Crippen LogP contribution in [0.1, 0.15) is 31.8 Å². The molecular formula is C16H15NO2. The van der Waals surface area contributed by atoms with Crippen LogP contribution in [0, 0.1) is 13.8 Å². The van der Waals surface area contributed by atoms with Gasteiger partial charge in [0.05, 0.1) is 0 Å². The average molecular weight is 253 g/mol.